The topological polar surface area (TPSA) is 80.4 Å². The van der Waals surface area contributed by atoms with Crippen LogP contribution in [0.4, 0.5) is 0 Å². The Balaban J connectivity index is 0.000000385. The highest BCUT2D eigenvalue weighted by Gasteiger charge is 1.98. The van der Waals surface area contributed by atoms with Gasteiger partial charge in [0.1, 0.15) is 0 Å². The molecule has 92 valence electrons. The lowest BCUT2D eigenvalue weighted by Gasteiger charge is -2.07. The average Bonchev–Trinajstić information content (AvgIpc) is 2.16. The molecule has 1 aromatic carbocycles. The highest BCUT2D eigenvalue weighted by Crippen LogP contribution is 2.02. The van der Waals surface area contributed by atoms with Crippen molar-refractivity contribution in [1.29, 1.82) is 0 Å². The van der Waals surface area contributed by atoms with Crippen molar-refractivity contribution >= 4 is 10.1 Å². The summed E-state index contributed by atoms with van der Waals surface area (Å²) >= 11 is 0. The maximum absolute atomic E-state index is 9.19. The van der Waals surface area contributed by atoms with E-state index >= 15 is 0 Å². The van der Waals surface area contributed by atoms with Crippen LogP contribution in [0.25, 0.3) is 0 Å². The molecule has 1 aromatic rings. The van der Waals surface area contributed by atoms with Gasteiger partial charge in [0.2, 0.25) is 0 Å². The average molecular weight is 245 g/mol. The monoisotopic (exact) mass is 245 g/mol. The fourth-order valence-corrected chi connectivity index (χ4v) is 1.06. The highest BCUT2D eigenvalue weighted by atomic mass is 32.2. The summed E-state index contributed by atoms with van der Waals surface area (Å²) in [6.07, 6.45) is 2.76. The van der Waals surface area contributed by atoms with Crippen LogP contribution in [0, 0.1) is 0 Å². The first kappa shape index (κ1) is 15.1. The van der Waals surface area contributed by atoms with Gasteiger partial charge in [0.15, 0.2) is 0 Å². The van der Waals surface area contributed by atoms with E-state index in [0.717, 1.165) is 12.8 Å². The molecule has 4 nitrogen and oxygen atoms in total. The van der Waals surface area contributed by atoms with Crippen LogP contribution >= 0.6 is 0 Å². The molecule has 16 heavy (non-hydrogen) atoms. The molecule has 0 saturated carbocycles. The van der Waals surface area contributed by atoms with E-state index in [2.05, 4.69) is 31.2 Å². The molecule has 1 rings (SSSR count). The van der Waals surface area contributed by atoms with E-state index in [-0.39, 0.29) is 0 Å². The summed E-state index contributed by atoms with van der Waals surface area (Å²) in [5.74, 6) is 0. The number of benzene rings is 1. The van der Waals surface area contributed by atoms with Gasteiger partial charge in [-0.1, -0.05) is 37.3 Å². The number of nitrogens with two attached hydrogens (primary N) is 1. The van der Waals surface area contributed by atoms with Crippen molar-refractivity contribution in [2.45, 2.75) is 25.8 Å². The Morgan fingerprint density at radius 3 is 2.12 bits per heavy atom. The van der Waals surface area contributed by atoms with Gasteiger partial charge in [-0.3, -0.25) is 4.55 Å². The maximum Gasteiger partial charge on any atom is 0.261 e. The van der Waals surface area contributed by atoms with Gasteiger partial charge in [0.05, 0.1) is 6.26 Å². The smallest absolute Gasteiger partial charge is 0.261 e. The third kappa shape index (κ3) is 11.2. The van der Waals surface area contributed by atoms with Gasteiger partial charge in [-0.2, -0.15) is 8.42 Å². The molecule has 1 unspecified atom stereocenters. The molecule has 0 spiro atoms. The van der Waals surface area contributed by atoms with E-state index in [1.807, 2.05) is 6.07 Å². The van der Waals surface area contributed by atoms with Gasteiger partial charge in [-0.25, -0.2) is 0 Å². The first-order chi connectivity index (χ1) is 7.33. The van der Waals surface area contributed by atoms with Crippen LogP contribution in [0.15, 0.2) is 30.3 Å². The van der Waals surface area contributed by atoms with Crippen LogP contribution in [0.1, 0.15) is 18.9 Å². The molecule has 0 radical (unpaired) electrons. The van der Waals surface area contributed by atoms with E-state index in [9.17, 15) is 8.42 Å². The minimum absolute atomic E-state index is 0.317. The van der Waals surface area contributed by atoms with Crippen LogP contribution in [-0.2, 0) is 16.5 Å². The summed E-state index contributed by atoms with van der Waals surface area (Å²) in [5.41, 5.74) is 7.14. The minimum atomic E-state index is -3.67. The van der Waals surface area contributed by atoms with Gasteiger partial charge in [0.25, 0.3) is 10.1 Å². The number of hydrogen-bond acceptors (Lipinski definition) is 3. The van der Waals surface area contributed by atoms with E-state index in [0.29, 0.717) is 12.3 Å². The van der Waals surface area contributed by atoms with Crippen molar-refractivity contribution in [3.63, 3.8) is 0 Å². The van der Waals surface area contributed by atoms with Gasteiger partial charge >= 0.3 is 0 Å². The molecule has 0 bridgehead atoms. The lowest BCUT2D eigenvalue weighted by atomic mass is 10.1. The summed E-state index contributed by atoms with van der Waals surface area (Å²) in [6, 6.07) is 10.7. The van der Waals surface area contributed by atoms with Crippen LogP contribution < -0.4 is 5.73 Å². The van der Waals surface area contributed by atoms with Crippen LogP contribution in [0.3, 0.4) is 0 Å². The standard InChI is InChI=1S/C10H15N.CH4O3S/c1-2-10(11)8-9-6-4-3-5-7-9;1-5(2,3)4/h3-7,10H,2,8,11H2,1H3;1H3,(H,2,3,4). The summed E-state index contributed by atoms with van der Waals surface area (Å²) in [5, 5.41) is 0. The van der Waals surface area contributed by atoms with Crippen molar-refractivity contribution in [3.05, 3.63) is 35.9 Å². The zero-order valence-electron chi connectivity index (χ0n) is 9.63. The van der Waals surface area contributed by atoms with Crippen LogP contribution in [0.5, 0.6) is 0 Å². The van der Waals surface area contributed by atoms with Crippen LogP contribution in [0.2, 0.25) is 0 Å². The summed E-state index contributed by atoms with van der Waals surface area (Å²) in [7, 11) is -3.67. The number of hydrogen-bond donors (Lipinski definition) is 2. The molecular formula is C11H19NO3S. The molecule has 5 heteroatoms. The van der Waals surface area contributed by atoms with E-state index in [4.69, 9.17) is 10.3 Å². The second-order valence-corrected chi connectivity index (χ2v) is 5.06. The summed E-state index contributed by atoms with van der Waals surface area (Å²) in [6.45, 7) is 2.12. The number of rotatable bonds is 3. The maximum atomic E-state index is 9.19. The Kier molecular flexibility index (Phi) is 6.96. The predicted molar refractivity (Wildman–Crippen MR) is 65.9 cm³/mol. The quantitative estimate of drug-likeness (QED) is 0.790. The zero-order chi connectivity index (χ0) is 12.6. The lowest BCUT2D eigenvalue weighted by Crippen LogP contribution is -2.21. The van der Waals surface area contributed by atoms with E-state index in [1.165, 1.54) is 5.56 Å². The van der Waals surface area contributed by atoms with Crippen molar-refractivity contribution in [1.82, 2.24) is 0 Å². The lowest BCUT2D eigenvalue weighted by molar-refractivity contribution is 0.490. The largest absolute Gasteiger partial charge is 0.327 e. The first-order valence-corrected chi connectivity index (χ1v) is 6.89. The molecule has 0 heterocycles. The SMILES string of the molecule is CCC(N)Cc1ccccc1.CS(=O)(=O)O. The summed E-state index contributed by atoms with van der Waals surface area (Å²) < 4.78 is 25.9. The third-order valence-electron chi connectivity index (χ3n) is 1.87. The second-order valence-electron chi connectivity index (χ2n) is 3.59. The molecule has 0 aliphatic rings. The van der Waals surface area contributed by atoms with E-state index < -0.39 is 10.1 Å². The predicted octanol–water partition coefficient (Wildman–Crippen LogP) is 1.47. The Hall–Kier alpha value is -0.910. The molecule has 0 aliphatic heterocycles. The molecule has 0 aromatic heterocycles. The van der Waals surface area contributed by atoms with Gasteiger partial charge < -0.3 is 5.73 Å². The molecule has 3 N–H and O–H groups in total. The summed E-state index contributed by atoms with van der Waals surface area (Å²) in [4.78, 5) is 0. The van der Waals surface area contributed by atoms with Gasteiger partial charge in [0, 0.05) is 6.04 Å². The molecule has 0 aliphatic carbocycles. The van der Waals surface area contributed by atoms with Crippen molar-refractivity contribution in [2.24, 2.45) is 5.73 Å². The molecule has 0 fully saturated rings. The first-order valence-electron chi connectivity index (χ1n) is 5.05. The Morgan fingerprint density at radius 1 is 1.31 bits per heavy atom. The van der Waals surface area contributed by atoms with Crippen molar-refractivity contribution in [3.8, 4) is 0 Å². The Bertz CT molecular complexity index is 367. The molecule has 1 atom stereocenters. The fraction of sp³-hybridized carbons (Fsp3) is 0.455. The normalized spacial score (nSPS) is 12.5. The second kappa shape index (κ2) is 7.38. The Labute approximate surface area is 97.2 Å². The highest BCUT2D eigenvalue weighted by molar-refractivity contribution is 7.85. The van der Waals surface area contributed by atoms with Gasteiger partial charge in [-0.05, 0) is 18.4 Å². The molecular weight excluding hydrogens is 226 g/mol. The van der Waals surface area contributed by atoms with Crippen molar-refractivity contribution in [2.75, 3.05) is 6.26 Å². The van der Waals surface area contributed by atoms with Crippen molar-refractivity contribution < 1.29 is 13.0 Å². The van der Waals surface area contributed by atoms with Gasteiger partial charge in [-0.15, -0.1) is 0 Å². The molecule has 0 amide bonds. The fourth-order valence-electron chi connectivity index (χ4n) is 1.06. The zero-order valence-corrected chi connectivity index (χ0v) is 10.4. The van der Waals surface area contributed by atoms with E-state index in [1.54, 1.807) is 0 Å². The van der Waals surface area contributed by atoms with Crippen LogP contribution in [-0.4, -0.2) is 25.3 Å². The molecule has 0 saturated heterocycles. The Morgan fingerprint density at radius 2 is 1.75 bits per heavy atom. The third-order valence-corrected chi connectivity index (χ3v) is 1.87. The minimum Gasteiger partial charge on any atom is -0.327 e.